The average Bonchev–Trinajstić information content (AvgIpc) is 2.98. The number of hydrogen-bond donors (Lipinski definition) is 1. The van der Waals surface area contributed by atoms with E-state index in [4.69, 9.17) is 10.5 Å². The molecule has 1 aliphatic carbocycles. The Morgan fingerprint density at radius 1 is 1.53 bits per heavy atom. The first-order valence-corrected chi connectivity index (χ1v) is 5.09. The molecule has 0 atom stereocenters. The van der Waals surface area contributed by atoms with Crippen LogP contribution in [0.3, 0.4) is 0 Å². The minimum absolute atomic E-state index is 0.135. The van der Waals surface area contributed by atoms with Crippen LogP contribution < -0.4 is 10.5 Å². The SMILES string of the molecule is COc1cccc(CC(=O)C2(N)CC2)c1. The van der Waals surface area contributed by atoms with Gasteiger partial charge in [-0.25, -0.2) is 0 Å². The molecule has 0 amide bonds. The van der Waals surface area contributed by atoms with Crippen LogP contribution in [0.2, 0.25) is 0 Å². The number of hydrogen-bond acceptors (Lipinski definition) is 3. The van der Waals surface area contributed by atoms with Crippen LogP contribution in [0.1, 0.15) is 18.4 Å². The van der Waals surface area contributed by atoms with Gasteiger partial charge in [-0.2, -0.15) is 0 Å². The maximum absolute atomic E-state index is 11.7. The van der Waals surface area contributed by atoms with Gasteiger partial charge in [0, 0.05) is 6.42 Å². The van der Waals surface area contributed by atoms with Gasteiger partial charge in [0.25, 0.3) is 0 Å². The van der Waals surface area contributed by atoms with Crippen molar-refractivity contribution in [2.45, 2.75) is 24.8 Å². The summed E-state index contributed by atoms with van der Waals surface area (Å²) in [7, 11) is 1.62. The quantitative estimate of drug-likeness (QED) is 0.806. The van der Waals surface area contributed by atoms with E-state index in [0.717, 1.165) is 24.2 Å². The Labute approximate surface area is 89.2 Å². The first kappa shape index (κ1) is 10.2. The van der Waals surface area contributed by atoms with Crippen LogP contribution in [0.5, 0.6) is 5.75 Å². The summed E-state index contributed by atoms with van der Waals surface area (Å²) in [6.45, 7) is 0. The minimum Gasteiger partial charge on any atom is -0.497 e. The third-order valence-corrected chi connectivity index (χ3v) is 2.84. The topological polar surface area (TPSA) is 52.3 Å². The predicted octanol–water partition coefficient (Wildman–Crippen LogP) is 1.30. The molecule has 1 fully saturated rings. The van der Waals surface area contributed by atoms with Crippen molar-refractivity contribution in [3.8, 4) is 5.75 Å². The van der Waals surface area contributed by atoms with E-state index in [1.54, 1.807) is 7.11 Å². The van der Waals surface area contributed by atoms with E-state index in [2.05, 4.69) is 0 Å². The predicted molar refractivity (Wildman–Crippen MR) is 57.9 cm³/mol. The van der Waals surface area contributed by atoms with Crippen LogP contribution in [0.25, 0.3) is 0 Å². The summed E-state index contributed by atoms with van der Waals surface area (Å²) in [6.07, 6.45) is 2.07. The van der Waals surface area contributed by atoms with Crippen LogP contribution in [0.4, 0.5) is 0 Å². The van der Waals surface area contributed by atoms with Crippen LogP contribution >= 0.6 is 0 Å². The molecular formula is C12H15NO2. The van der Waals surface area contributed by atoms with Gasteiger partial charge in [-0.05, 0) is 30.5 Å². The molecule has 0 radical (unpaired) electrons. The van der Waals surface area contributed by atoms with Crippen molar-refractivity contribution in [3.05, 3.63) is 29.8 Å². The number of Topliss-reactive ketones (excluding diaryl/α,β-unsaturated/α-hetero) is 1. The summed E-state index contributed by atoms with van der Waals surface area (Å²) in [5.74, 6) is 0.915. The molecule has 0 bridgehead atoms. The van der Waals surface area contributed by atoms with E-state index in [0.29, 0.717) is 6.42 Å². The van der Waals surface area contributed by atoms with E-state index in [1.165, 1.54) is 0 Å². The number of carbonyl (C=O) groups is 1. The number of ketones is 1. The smallest absolute Gasteiger partial charge is 0.156 e. The molecule has 0 aromatic heterocycles. The van der Waals surface area contributed by atoms with Crippen molar-refractivity contribution < 1.29 is 9.53 Å². The zero-order valence-electron chi connectivity index (χ0n) is 8.82. The third-order valence-electron chi connectivity index (χ3n) is 2.84. The molecule has 2 rings (SSSR count). The minimum atomic E-state index is -0.525. The molecule has 15 heavy (non-hydrogen) atoms. The lowest BCUT2D eigenvalue weighted by Gasteiger charge is -2.08. The Morgan fingerprint density at radius 3 is 2.87 bits per heavy atom. The highest BCUT2D eigenvalue weighted by Gasteiger charge is 2.44. The third kappa shape index (κ3) is 2.18. The monoisotopic (exact) mass is 205 g/mol. The number of benzene rings is 1. The van der Waals surface area contributed by atoms with Gasteiger partial charge in [-0.15, -0.1) is 0 Å². The van der Waals surface area contributed by atoms with Gasteiger partial charge in [-0.1, -0.05) is 12.1 Å². The van der Waals surface area contributed by atoms with E-state index >= 15 is 0 Å². The fraction of sp³-hybridized carbons (Fsp3) is 0.417. The molecule has 80 valence electrons. The van der Waals surface area contributed by atoms with E-state index in [9.17, 15) is 4.79 Å². The molecule has 0 aliphatic heterocycles. The fourth-order valence-electron chi connectivity index (χ4n) is 1.56. The van der Waals surface area contributed by atoms with E-state index in [1.807, 2.05) is 24.3 Å². The van der Waals surface area contributed by atoms with Crippen molar-refractivity contribution in [2.75, 3.05) is 7.11 Å². The van der Waals surface area contributed by atoms with Gasteiger partial charge >= 0.3 is 0 Å². The Hall–Kier alpha value is -1.35. The average molecular weight is 205 g/mol. The number of nitrogens with two attached hydrogens (primary N) is 1. The number of rotatable bonds is 4. The second-order valence-electron chi connectivity index (χ2n) is 4.11. The molecule has 0 spiro atoms. The van der Waals surface area contributed by atoms with E-state index in [-0.39, 0.29) is 5.78 Å². The van der Waals surface area contributed by atoms with Gasteiger partial charge in [0.2, 0.25) is 0 Å². The van der Waals surface area contributed by atoms with Crippen molar-refractivity contribution in [2.24, 2.45) is 5.73 Å². The molecule has 0 heterocycles. The summed E-state index contributed by atoms with van der Waals surface area (Å²) in [5.41, 5.74) is 6.27. The maximum Gasteiger partial charge on any atom is 0.156 e. The molecule has 1 aliphatic rings. The van der Waals surface area contributed by atoms with Crippen LogP contribution in [-0.4, -0.2) is 18.4 Å². The Bertz CT molecular complexity index is 383. The van der Waals surface area contributed by atoms with Crippen molar-refractivity contribution in [1.29, 1.82) is 0 Å². The van der Waals surface area contributed by atoms with Gasteiger partial charge < -0.3 is 10.5 Å². The molecule has 1 saturated carbocycles. The van der Waals surface area contributed by atoms with Gasteiger partial charge in [0.1, 0.15) is 5.75 Å². The molecule has 1 aromatic carbocycles. The normalized spacial score (nSPS) is 17.2. The molecule has 0 saturated heterocycles. The van der Waals surface area contributed by atoms with E-state index < -0.39 is 5.54 Å². The summed E-state index contributed by atoms with van der Waals surface area (Å²) in [4.78, 5) is 11.7. The molecule has 2 N–H and O–H groups in total. The first-order chi connectivity index (χ1) is 7.14. The van der Waals surface area contributed by atoms with Crippen LogP contribution in [0.15, 0.2) is 24.3 Å². The maximum atomic E-state index is 11.7. The lowest BCUT2D eigenvalue weighted by Crippen LogP contribution is -2.33. The first-order valence-electron chi connectivity index (χ1n) is 5.09. The lowest BCUT2D eigenvalue weighted by atomic mass is 10.0. The lowest BCUT2D eigenvalue weighted by molar-refractivity contribution is -0.120. The summed E-state index contributed by atoms with van der Waals surface area (Å²) < 4.78 is 5.10. The zero-order valence-corrected chi connectivity index (χ0v) is 8.82. The molecule has 1 aromatic rings. The van der Waals surface area contributed by atoms with Gasteiger partial charge in [0.05, 0.1) is 12.6 Å². The Balaban J connectivity index is 2.07. The number of ether oxygens (including phenoxy) is 1. The molecular weight excluding hydrogens is 190 g/mol. The highest BCUT2D eigenvalue weighted by Crippen LogP contribution is 2.34. The summed E-state index contributed by atoms with van der Waals surface area (Å²) in [6, 6.07) is 7.55. The fourth-order valence-corrected chi connectivity index (χ4v) is 1.56. The van der Waals surface area contributed by atoms with Gasteiger partial charge in [0.15, 0.2) is 5.78 Å². The van der Waals surface area contributed by atoms with Crippen molar-refractivity contribution >= 4 is 5.78 Å². The standard InChI is InChI=1S/C12H15NO2/c1-15-10-4-2-3-9(7-10)8-11(14)12(13)5-6-12/h2-4,7H,5-6,8,13H2,1H3. The van der Waals surface area contributed by atoms with Crippen molar-refractivity contribution in [3.63, 3.8) is 0 Å². The highest BCUT2D eigenvalue weighted by atomic mass is 16.5. The molecule has 3 heteroatoms. The van der Waals surface area contributed by atoms with Crippen molar-refractivity contribution in [1.82, 2.24) is 0 Å². The molecule has 0 unspecified atom stereocenters. The van der Waals surface area contributed by atoms with Gasteiger partial charge in [-0.3, -0.25) is 4.79 Å². The Kier molecular flexibility index (Phi) is 2.49. The van der Waals surface area contributed by atoms with Crippen LogP contribution in [0, 0.1) is 0 Å². The second kappa shape index (κ2) is 3.66. The summed E-state index contributed by atoms with van der Waals surface area (Å²) >= 11 is 0. The second-order valence-corrected chi connectivity index (χ2v) is 4.11. The number of carbonyl (C=O) groups excluding carboxylic acids is 1. The molecule has 3 nitrogen and oxygen atoms in total. The summed E-state index contributed by atoms with van der Waals surface area (Å²) in [5, 5.41) is 0. The zero-order chi connectivity index (χ0) is 10.9. The highest BCUT2D eigenvalue weighted by molar-refractivity contribution is 5.92. The largest absolute Gasteiger partial charge is 0.497 e. The van der Waals surface area contributed by atoms with Crippen LogP contribution in [-0.2, 0) is 11.2 Å². The number of methoxy groups -OCH3 is 1. The Morgan fingerprint density at radius 2 is 2.27 bits per heavy atom.